The van der Waals surface area contributed by atoms with Crippen LogP contribution >= 0.6 is 11.3 Å². The molecule has 0 fully saturated rings. The average molecular weight is 356 g/mol. The number of nitrogens with zero attached hydrogens (tertiary/aromatic N) is 1. The molecule has 3 heterocycles. The van der Waals surface area contributed by atoms with E-state index < -0.39 is 0 Å². The van der Waals surface area contributed by atoms with Gasteiger partial charge in [-0.1, -0.05) is 6.07 Å². The maximum absolute atomic E-state index is 12.3. The molecule has 0 radical (unpaired) electrons. The van der Waals surface area contributed by atoms with E-state index in [2.05, 4.69) is 10.3 Å². The van der Waals surface area contributed by atoms with Crippen molar-refractivity contribution in [3.05, 3.63) is 47.0 Å². The van der Waals surface area contributed by atoms with E-state index in [0.29, 0.717) is 41.3 Å². The largest absolute Gasteiger partial charge is 0.486 e. The molecule has 0 saturated heterocycles. The van der Waals surface area contributed by atoms with Crippen LogP contribution in [0.5, 0.6) is 11.5 Å². The molecule has 0 spiro atoms. The fraction of sp³-hybridized carbons (Fsp3) is 0.222. The standard InChI is InChI=1S/C18H16N2O4S/c1-11-2-4-14(24-11)13-10-25-18(19-13)20-17(21)9-12-3-5-15-16(8-12)23-7-6-22-15/h2-5,8,10H,6-7,9H2,1H3,(H,19,20,21). The van der Waals surface area contributed by atoms with Crippen molar-refractivity contribution in [3.63, 3.8) is 0 Å². The van der Waals surface area contributed by atoms with Gasteiger partial charge in [-0.2, -0.15) is 0 Å². The Bertz CT molecular complexity index is 915. The minimum Gasteiger partial charge on any atom is -0.486 e. The van der Waals surface area contributed by atoms with E-state index in [1.165, 1.54) is 11.3 Å². The van der Waals surface area contributed by atoms with Gasteiger partial charge in [0.25, 0.3) is 0 Å². The van der Waals surface area contributed by atoms with Crippen LogP contribution in [-0.4, -0.2) is 24.1 Å². The summed E-state index contributed by atoms with van der Waals surface area (Å²) in [5.41, 5.74) is 1.58. The van der Waals surface area contributed by atoms with Crippen LogP contribution in [0.15, 0.2) is 40.1 Å². The smallest absolute Gasteiger partial charge is 0.230 e. The Morgan fingerprint density at radius 1 is 1.20 bits per heavy atom. The van der Waals surface area contributed by atoms with Crippen molar-refractivity contribution in [1.82, 2.24) is 4.98 Å². The van der Waals surface area contributed by atoms with E-state index in [1.54, 1.807) is 0 Å². The minimum atomic E-state index is -0.131. The number of benzene rings is 1. The van der Waals surface area contributed by atoms with Gasteiger partial charge in [0, 0.05) is 5.38 Å². The highest BCUT2D eigenvalue weighted by Gasteiger charge is 2.14. The number of fused-ring (bicyclic) bond motifs is 1. The van der Waals surface area contributed by atoms with Gasteiger partial charge in [-0.25, -0.2) is 4.98 Å². The van der Waals surface area contributed by atoms with Gasteiger partial charge in [0.05, 0.1) is 6.42 Å². The lowest BCUT2D eigenvalue weighted by Gasteiger charge is -2.18. The van der Waals surface area contributed by atoms with Crippen LogP contribution in [0.2, 0.25) is 0 Å². The number of furan rings is 1. The number of thiazole rings is 1. The van der Waals surface area contributed by atoms with E-state index in [1.807, 2.05) is 42.6 Å². The fourth-order valence-electron chi connectivity index (χ4n) is 2.56. The summed E-state index contributed by atoms with van der Waals surface area (Å²) in [6.45, 7) is 2.96. The van der Waals surface area contributed by atoms with Gasteiger partial charge >= 0.3 is 0 Å². The maximum Gasteiger partial charge on any atom is 0.230 e. The summed E-state index contributed by atoms with van der Waals surface area (Å²) in [5.74, 6) is 2.79. The number of rotatable bonds is 4. The van der Waals surface area contributed by atoms with Crippen molar-refractivity contribution < 1.29 is 18.7 Å². The summed E-state index contributed by atoms with van der Waals surface area (Å²) in [6.07, 6.45) is 0.241. The number of ether oxygens (including phenoxy) is 2. The number of carbonyl (C=O) groups is 1. The zero-order chi connectivity index (χ0) is 17.2. The Hall–Kier alpha value is -2.80. The molecule has 1 amide bonds. The minimum absolute atomic E-state index is 0.131. The summed E-state index contributed by atoms with van der Waals surface area (Å²) in [5, 5.41) is 5.23. The molecule has 1 aliphatic heterocycles. The quantitative estimate of drug-likeness (QED) is 0.772. The highest BCUT2D eigenvalue weighted by Crippen LogP contribution is 2.31. The van der Waals surface area contributed by atoms with E-state index in [-0.39, 0.29) is 12.3 Å². The number of carbonyl (C=O) groups excluding carboxylic acids is 1. The van der Waals surface area contributed by atoms with Crippen LogP contribution < -0.4 is 14.8 Å². The normalized spacial score (nSPS) is 12.8. The highest BCUT2D eigenvalue weighted by molar-refractivity contribution is 7.14. The third-order valence-electron chi connectivity index (χ3n) is 3.71. The lowest BCUT2D eigenvalue weighted by molar-refractivity contribution is -0.115. The molecule has 6 nitrogen and oxygen atoms in total. The SMILES string of the molecule is Cc1ccc(-c2csc(NC(=O)Cc3ccc4c(c3)OCCO4)n2)o1. The highest BCUT2D eigenvalue weighted by atomic mass is 32.1. The number of anilines is 1. The molecule has 0 bridgehead atoms. The third kappa shape index (κ3) is 3.51. The van der Waals surface area contributed by atoms with Gasteiger partial charge in [0.15, 0.2) is 22.4 Å². The molecule has 0 unspecified atom stereocenters. The van der Waals surface area contributed by atoms with Crippen LogP contribution in [-0.2, 0) is 11.2 Å². The monoisotopic (exact) mass is 356 g/mol. The molecule has 2 aromatic heterocycles. The van der Waals surface area contributed by atoms with Crippen molar-refractivity contribution in [2.24, 2.45) is 0 Å². The second-order valence-electron chi connectivity index (χ2n) is 5.65. The molecule has 0 atom stereocenters. The zero-order valence-electron chi connectivity index (χ0n) is 13.6. The lowest BCUT2D eigenvalue weighted by atomic mass is 10.1. The van der Waals surface area contributed by atoms with E-state index in [9.17, 15) is 4.79 Å². The number of nitrogens with one attached hydrogen (secondary N) is 1. The van der Waals surface area contributed by atoms with E-state index in [4.69, 9.17) is 13.9 Å². The second-order valence-corrected chi connectivity index (χ2v) is 6.51. The van der Waals surface area contributed by atoms with Gasteiger partial charge in [0.2, 0.25) is 5.91 Å². The lowest BCUT2D eigenvalue weighted by Crippen LogP contribution is -2.17. The topological polar surface area (TPSA) is 73.6 Å². The molecule has 4 rings (SSSR count). The van der Waals surface area contributed by atoms with Crippen molar-refractivity contribution in [1.29, 1.82) is 0 Å². The number of hydrogen-bond donors (Lipinski definition) is 1. The first-order valence-electron chi connectivity index (χ1n) is 7.88. The molecular formula is C18H16N2O4S. The van der Waals surface area contributed by atoms with Gasteiger partial charge < -0.3 is 19.2 Å². The average Bonchev–Trinajstić information content (AvgIpc) is 3.23. The molecule has 0 saturated carbocycles. The third-order valence-corrected chi connectivity index (χ3v) is 4.47. The van der Waals surface area contributed by atoms with Gasteiger partial charge in [-0.05, 0) is 36.8 Å². The van der Waals surface area contributed by atoms with Crippen molar-refractivity contribution >= 4 is 22.4 Å². The van der Waals surface area contributed by atoms with Gasteiger partial charge in [-0.3, -0.25) is 4.79 Å². The summed E-state index contributed by atoms with van der Waals surface area (Å²) in [4.78, 5) is 16.7. The second kappa shape index (κ2) is 6.60. The Balaban J connectivity index is 1.41. The Kier molecular flexibility index (Phi) is 4.15. The summed E-state index contributed by atoms with van der Waals surface area (Å²) >= 11 is 1.37. The Morgan fingerprint density at radius 3 is 2.84 bits per heavy atom. The van der Waals surface area contributed by atoms with E-state index in [0.717, 1.165) is 11.3 Å². The van der Waals surface area contributed by atoms with Crippen LogP contribution in [0.1, 0.15) is 11.3 Å². The van der Waals surface area contributed by atoms with Crippen LogP contribution in [0.3, 0.4) is 0 Å². The predicted octanol–water partition coefficient (Wildman–Crippen LogP) is 3.66. The zero-order valence-corrected chi connectivity index (χ0v) is 14.4. The molecule has 1 aromatic carbocycles. The number of aryl methyl sites for hydroxylation is 1. The molecule has 1 N–H and O–H groups in total. The van der Waals surface area contributed by atoms with Crippen LogP contribution in [0.25, 0.3) is 11.5 Å². The van der Waals surface area contributed by atoms with Crippen molar-refractivity contribution in [2.75, 3.05) is 18.5 Å². The first kappa shape index (κ1) is 15.7. The number of aromatic nitrogens is 1. The summed E-state index contributed by atoms with van der Waals surface area (Å²) in [7, 11) is 0. The van der Waals surface area contributed by atoms with Crippen LogP contribution in [0.4, 0.5) is 5.13 Å². The van der Waals surface area contributed by atoms with Gasteiger partial charge in [0.1, 0.15) is 24.7 Å². The molecular weight excluding hydrogens is 340 g/mol. The Morgan fingerprint density at radius 2 is 2.04 bits per heavy atom. The molecule has 0 aliphatic carbocycles. The number of amides is 1. The summed E-state index contributed by atoms with van der Waals surface area (Å²) in [6, 6.07) is 9.29. The maximum atomic E-state index is 12.3. The molecule has 25 heavy (non-hydrogen) atoms. The molecule has 128 valence electrons. The first-order chi connectivity index (χ1) is 12.2. The summed E-state index contributed by atoms with van der Waals surface area (Å²) < 4.78 is 16.6. The molecule has 1 aliphatic rings. The molecule has 7 heteroatoms. The predicted molar refractivity (Wildman–Crippen MR) is 94.3 cm³/mol. The van der Waals surface area contributed by atoms with Crippen LogP contribution in [0, 0.1) is 6.92 Å². The van der Waals surface area contributed by atoms with E-state index >= 15 is 0 Å². The van der Waals surface area contributed by atoms with Crippen molar-refractivity contribution in [3.8, 4) is 23.0 Å². The molecule has 3 aromatic rings. The fourth-order valence-corrected chi connectivity index (χ4v) is 3.28. The van der Waals surface area contributed by atoms with Crippen molar-refractivity contribution in [2.45, 2.75) is 13.3 Å². The first-order valence-corrected chi connectivity index (χ1v) is 8.76. The van der Waals surface area contributed by atoms with Gasteiger partial charge in [-0.15, -0.1) is 11.3 Å². The Labute approximate surface area is 148 Å². The number of hydrogen-bond acceptors (Lipinski definition) is 6.